The molecule has 1 amide bonds. The zero-order chi connectivity index (χ0) is 30.8. The number of hydrogen-bond donors (Lipinski definition) is 1. The molecular weight excluding hydrogens is 506 g/mol. The molecule has 40 heavy (non-hydrogen) atoms. The molecule has 2 atom stereocenters. The van der Waals surface area contributed by atoms with Gasteiger partial charge in [0.05, 0.1) is 10.8 Å². The third-order valence-electron chi connectivity index (χ3n) is 5.92. The quantitative estimate of drug-likeness (QED) is 0.0823. The van der Waals surface area contributed by atoms with Crippen LogP contribution in [0.5, 0.6) is 0 Å². The molecule has 0 unspecified atom stereocenters. The van der Waals surface area contributed by atoms with Crippen molar-refractivity contribution in [2.45, 2.75) is 151 Å². The standard InChI is InChI=1S/C33H59NO6/c1-11-12-13-14-15-16-17-18-19-20-21-22-23-24-27(39-29(36)32(5,6)7)26(25-38-28(35)31(2,3)4)34-30(37)40-33(8,9)10/h16-17,23-24,26-27H,11-15,18-22,25H2,1-10H3,(H,34,37)/b17-16-,24-23-/t26-,27+/m0/s1. The van der Waals surface area contributed by atoms with Crippen molar-refractivity contribution >= 4 is 18.0 Å². The summed E-state index contributed by atoms with van der Waals surface area (Å²) >= 11 is 0. The number of ether oxygens (including phenoxy) is 3. The number of nitrogens with one attached hydrogen (secondary N) is 1. The smallest absolute Gasteiger partial charge is 0.408 e. The van der Waals surface area contributed by atoms with Gasteiger partial charge in [0.25, 0.3) is 0 Å². The summed E-state index contributed by atoms with van der Waals surface area (Å²) in [6.45, 7) is 17.9. The largest absolute Gasteiger partial charge is 0.463 e. The van der Waals surface area contributed by atoms with Crippen molar-refractivity contribution in [2.24, 2.45) is 10.8 Å². The molecular formula is C33H59NO6. The molecule has 0 fully saturated rings. The predicted octanol–water partition coefficient (Wildman–Crippen LogP) is 8.46. The lowest BCUT2D eigenvalue weighted by atomic mass is 9.97. The first-order valence-electron chi connectivity index (χ1n) is 15.2. The molecule has 1 N–H and O–H groups in total. The van der Waals surface area contributed by atoms with E-state index < -0.39 is 46.6 Å². The summed E-state index contributed by atoms with van der Waals surface area (Å²) in [5, 5.41) is 2.76. The highest BCUT2D eigenvalue weighted by Crippen LogP contribution is 2.20. The lowest BCUT2D eigenvalue weighted by molar-refractivity contribution is -0.160. The molecule has 0 heterocycles. The average Bonchev–Trinajstić information content (AvgIpc) is 2.81. The number of unbranched alkanes of at least 4 members (excludes halogenated alkanes) is 8. The molecule has 0 radical (unpaired) electrons. The van der Waals surface area contributed by atoms with Gasteiger partial charge in [-0.25, -0.2) is 4.79 Å². The highest BCUT2D eigenvalue weighted by molar-refractivity contribution is 5.76. The highest BCUT2D eigenvalue weighted by atomic mass is 16.6. The van der Waals surface area contributed by atoms with E-state index >= 15 is 0 Å². The van der Waals surface area contributed by atoms with Gasteiger partial charge in [-0.2, -0.15) is 0 Å². The van der Waals surface area contributed by atoms with Crippen LogP contribution in [0.15, 0.2) is 24.3 Å². The fraction of sp³-hybridized carbons (Fsp3) is 0.788. The van der Waals surface area contributed by atoms with Gasteiger partial charge in [-0.05, 0) is 107 Å². The van der Waals surface area contributed by atoms with E-state index in [2.05, 4.69) is 24.4 Å². The minimum atomic E-state index is -0.831. The van der Waals surface area contributed by atoms with Crippen molar-refractivity contribution in [3.05, 3.63) is 24.3 Å². The molecule has 7 nitrogen and oxygen atoms in total. The van der Waals surface area contributed by atoms with E-state index in [-0.39, 0.29) is 6.61 Å². The van der Waals surface area contributed by atoms with Crippen LogP contribution in [0, 0.1) is 10.8 Å². The van der Waals surface area contributed by atoms with E-state index in [0.717, 1.165) is 32.1 Å². The Morgan fingerprint density at radius 1 is 0.700 bits per heavy atom. The summed E-state index contributed by atoms with van der Waals surface area (Å²) < 4.78 is 16.8. The second-order valence-corrected chi connectivity index (χ2v) is 13.6. The average molecular weight is 566 g/mol. The van der Waals surface area contributed by atoms with Crippen LogP contribution < -0.4 is 5.32 Å². The number of carbonyl (C=O) groups excluding carboxylic acids is 3. The van der Waals surface area contributed by atoms with Crippen LogP contribution in [0.25, 0.3) is 0 Å². The lowest BCUT2D eigenvalue weighted by Gasteiger charge is -2.30. The molecule has 0 spiro atoms. The predicted molar refractivity (Wildman–Crippen MR) is 163 cm³/mol. The number of carbonyl (C=O) groups is 3. The van der Waals surface area contributed by atoms with Crippen LogP contribution in [0.3, 0.4) is 0 Å². The van der Waals surface area contributed by atoms with Crippen molar-refractivity contribution in [2.75, 3.05) is 6.61 Å². The zero-order valence-electron chi connectivity index (χ0n) is 27.2. The summed E-state index contributed by atoms with van der Waals surface area (Å²) in [6.07, 6.45) is 18.3. The Balaban J connectivity index is 5.29. The van der Waals surface area contributed by atoms with E-state index in [9.17, 15) is 14.4 Å². The Hall–Kier alpha value is -2.31. The van der Waals surface area contributed by atoms with Crippen LogP contribution in [0.4, 0.5) is 4.79 Å². The zero-order valence-corrected chi connectivity index (χ0v) is 27.2. The van der Waals surface area contributed by atoms with Crippen LogP contribution >= 0.6 is 0 Å². The first kappa shape index (κ1) is 37.7. The second kappa shape index (κ2) is 18.9. The van der Waals surface area contributed by atoms with Crippen molar-refractivity contribution in [3.63, 3.8) is 0 Å². The molecule has 0 saturated heterocycles. The van der Waals surface area contributed by atoms with Gasteiger partial charge in [-0.1, -0.05) is 50.8 Å². The van der Waals surface area contributed by atoms with Crippen molar-refractivity contribution < 1.29 is 28.6 Å². The molecule has 0 aliphatic carbocycles. The summed E-state index contributed by atoms with van der Waals surface area (Å²) in [6, 6.07) is -0.814. The van der Waals surface area contributed by atoms with Crippen molar-refractivity contribution in [1.29, 1.82) is 0 Å². The summed E-state index contributed by atoms with van der Waals surface area (Å²) in [5.74, 6) is -0.829. The van der Waals surface area contributed by atoms with E-state index in [4.69, 9.17) is 14.2 Å². The number of alkyl carbamates (subject to hydrolysis) is 1. The second-order valence-electron chi connectivity index (χ2n) is 13.6. The minimum Gasteiger partial charge on any atom is -0.463 e. The fourth-order valence-electron chi connectivity index (χ4n) is 3.47. The van der Waals surface area contributed by atoms with Gasteiger partial charge in [0.2, 0.25) is 0 Å². The maximum atomic E-state index is 12.8. The number of esters is 2. The molecule has 0 aromatic carbocycles. The monoisotopic (exact) mass is 565 g/mol. The van der Waals surface area contributed by atoms with Gasteiger partial charge in [0.1, 0.15) is 24.4 Å². The van der Waals surface area contributed by atoms with Crippen molar-refractivity contribution in [3.8, 4) is 0 Å². The topological polar surface area (TPSA) is 90.9 Å². The Bertz CT molecular complexity index is 795. The van der Waals surface area contributed by atoms with Crippen molar-refractivity contribution in [1.82, 2.24) is 5.32 Å². The SMILES string of the molecule is CCCCCC/C=C\CCCCC/C=C\[C@@H](OC(=O)C(C)(C)C)[C@H](COC(=O)C(C)(C)C)NC(=O)OC(C)(C)C. The Morgan fingerprint density at radius 3 is 1.68 bits per heavy atom. The molecule has 7 heteroatoms. The highest BCUT2D eigenvalue weighted by Gasteiger charge is 2.33. The molecule has 0 aromatic rings. The van der Waals surface area contributed by atoms with E-state index in [0.29, 0.717) is 0 Å². The first-order chi connectivity index (χ1) is 18.5. The Kier molecular flexibility index (Phi) is 17.8. The number of hydrogen-bond acceptors (Lipinski definition) is 6. The summed E-state index contributed by atoms with van der Waals surface area (Å²) in [5.41, 5.74) is -2.17. The minimum absolute atomic E-state index is 0.160. The number of rotatable bonds is 17. The van der Waals surface area contributed by atoms with Gasteiger partial charge in [0, 0.05) is 0 Å². The third-order valence-corrected chi connectivity index (χ3v) is 5.92. The fourth-order valence-corrected chi connectivity index (χ4v) is 3.47. The molecule has 0 aliphatic rings. The van der Waals surface area contributed by atoms with E-state index in [1.54, 1.807) is 68.4 Å². The van der Waals surface area contributed by atoms with Gasteiger partial charge < -0.3 is 19.5 Å². The molecule has 0 aliphatic heterocycles. The first-order valence-corrected chi connectivity index (χ1v) is 15.2. The summed E-state index contributed by atoms with van der Waals surface area (Å²) in [7, 11) is 0. The Labute approximate surface area is 244 Å². The molecule has 0 bridgehead atoms. The normalized spacial score (nSPS) is 14.2. The van der Waals surface area contributed by atoms with E-state index in [1.165, 1.54) is 32.1 Å². The molecule has 0 rings (SSSR count). The third kappa shape index (κ3) is 19.7. The van der Waals surface area contributed by atoms with Gasteiger partial charge >= 0.3 is 18.0 Å². The van der Waals surface area contributed by atoms with Crippen LogP contribution in [0.2, 0.25) is 0 Å². The lowest BCUT2D eigenvalue weighted by Crippen LogP contribution is -2.50. The Morgan fingerprint density at radius 2 is 1.20 bits per heavy atom. The maximum Gasteiger partial charge on any atom is 0.408 e. The van der Waals surface area contributed by atoms with Gasteiger partial charge in [0.15, 0.2) is 0 Å². The van der Waals surface area contributed by atoms with Gasteiger partial charge in [-0.15, -0.1) is 0 Å². The molecule has 0 saturated carbocycles. The maximum absolute atomic E-state index is 12.8. The summed E-state index contributed by atoms with van der Waals surface area (Å²) in [4.78, 5) is 37.9. The number of amides is 1. The van der Waals surface area contributed by atoms with Gasteiger partial charge in [-0.3, -0.25) is 9.59 Å². The van der Waals surface area contributed by atoms with Crippen LogP contribution in [-0.4, -0.2) is 42.4 Å². The molecule has 0 aromatic heterocycles. The van der Waals surface area contributed by atoms with E-state index in [1.807, 2.05) is 6.08 Å². The number of allylic oxidation sites excluding steroid dienone is 3. The molecule has 232 valence electrons. The van der Waals surface area contributed by atoms with Crippen LogP contribution in [0.1, 0.15) is 133 Å². The van der Waals surface area contributed by atoms with Crippen LogP contribution in [-0.2, 0) is 23.8 Å².